The van der Waals surface area contributed by atoms with Crippen LogP contribution in [0.5, 0.6) is 0 Å². The number of piperidine rings is 1. The van der Waals surface area contributed by atoms with Gasteiger partial charge in [-0.15, -0.1) is 11.8 Å². The van der Waals surface area contributed by atoms with E-state index in [1.54, 1.807) is 11.1 Å². The third-order valence-corrected chi connectivity index (χ3v) is 10.4. The van der Waals surface area contributed by atoms with Gasteiger partial charge in [-0.05, 0) is 49.1 Å². The van der Waals surface area contributed by atoms with Crippen molar-refractivity contribution >= 4 is 41.4 Å². The van der Waals surface area contributed by atoms with Gasteiger partial charge in [0.1, 0.15) is 6.04 Å². The Morgan fingerprint density at radius 1 is 0.978 bits per heavy atom. The Morgan fingerprint density at radius 3 is 2.37 bits per heavy atom. The summed E-state index contributed by atoms with van der Waals surface area (Å²) < 4.78 is 5.79. The third kappa shape index (κ3) is 11.8. The molecule has 2 aliphatic rings. The second-order valence-electron chi connectivity index (χ2n) is 12.3. The standard InChI is InChI=1S/C34H49N5O5S2/c1-45-22-28(32(41)37-27(20-24-10-4-2-5-11-24)29(40)23-46-31-14-8-9-17-36-31)38-33(42)30(21-25-12-6-3-7-13-25)44-34(43)39-18-15-26(35)16-19-39/h3,6-9,12-14,17,24,26-30,40H,2,4-5,10-11,15-16,18-23,35H2,1H3,(H,37,41)(H,38,42)/t27-,28-,29+,30-/m0/s1. The minimum Gasteiger partial charge on any atom is -0.436 e. The van der Waals surface area contributed by atoms with Gasteiger partial charge in [0.25, 0.3) is 5.91 Å². The predicted molar refractivity (Wildman–Crippen MR) is 184 cm³/mol. The van der Waals surface area contributed by atoms with Crippen LogP contribution in [-0.4, -0.2) is 94.1 Å². The number of carbonyl (C=O) groups is 3. The van der Waals surface area contributed by atoms with Crippen LogP contribution in [0.15, 0.2) is 59.8 Å². The molecule has 1 aliphatic carbocycles. The van der Waals surface area contributed by atoms with Gasteiger partial charge < -0.3 is 31.1 Å². The Balaban J connectivity index is 1.44. The lowest BCUT2D eigenvalue weighted by molar-refractivity contribution is -0.134. The van der Waals surface area contributed by atoms with E-state index in [4.69, 9.17) is 10.5 Å². The maximum absolute atomic E-state index is 13.8. The Labute approximate surface area is 281 Å². The van der Waals surface area contributed by atoms with Crippen molar-refractivity contribution in [3.63, 3.8) is 0 Å². The number of carbonyl (C=O) groups excluding carboxylic acids is 3. The number of nitrogens with zero attached hydrogens (tertiary/aromatic N) is 2. The number of thioether (sulfide) groups is 2. The van der Waals surface area contributed by atoms with Gasteiger partial charge in [0.15, 0.2) is 6.10 Å². The molecule has 12 heteroatoms. The van der Waals surface area contributed by atoms with Crippen molar-refractivity contribution in [2.45, 2.75) is 93.1 Å². The number of nitrogens with one attached hydrogen (secondary N) is 2. The zero-order chi connectivity index (χ0) is 32.7. The van der Waals surface area contributed by atoms with Crippen molar-refractivity contribution in [3.8, 4) is 0 Å². The summed E-state index contributed by atoms with van der Waals surface area (Å²) in [7, 11) is 0. The van der Waals surface area contributed by atoms with Gasteiger partial charge in [0.05, 0.1) is 17.2 Å². The van der Waals surface area contributed by atoms with E-state index in [2.05, 4.69) is 15.6 Å². The SMILES string of the molecule is CSC[C@H](NC(=O)[C@H](Cc1ccccc1)OC(=O)N1CCC(N)CC1)C(=O)N[C@@H](CC1CCCCC1)[C@H](O)CSc1ccccn1. The van der Waals surface area contributed by atoms with Crippen LogP contribution in [0.1, 0.15) is 56.9 Å². The van der Waals surface area contributed by atoms with Gasteiger partial charge in [-0.2, -0.15) is 11.8 Å². The zero-order valence-electron chi connectivity index (χ0n) is 26.7. The van der Waals surface area contributed by atoms with E-state index in [1.807, 2.05) is 54.8 Å². The Hall–Kier alpha value is -2.80. The smallest absolute Gasteiger partial charge is 0.410 e. The number of hydrogen-bond acceptors (Lipinski definition) is 9. The molecule has 5 N–H and O–H groups in total. The van der Waals surface area contributed by atoms with Crippen molar-refractivity contribution in [1.82, 2.24) is 20.5 Å². The van der Waals surface area contributed by atoms with Crippen LogP contribution in [0.2, 0.25) is 0 Å². The average Bonchev–Trinajstić information content (AvgIpc) is 3.08. The van der Waals surface area contributed by atoms with Crippen LogP contribution in [0.3, 0.4) is 0 Å². The number of aromatic nitrogens is 1. The summed E-state index contributed by atoms with van der Waals surface area (Å²) in [5, 5.41) is 18.1. The molecule has 46 heavy (non-hydrogen) atoms. The van der Waals surface area contributed by atoms with Crippen LogP contribution in [0.4, 0.5) is 4.79 Å². The van der Waals surface area contributed by atoms with E-state index in [9.17, 15) is 19.5 Å². The number of aliphatic hydroxyl groups excluding tert-OH is 1. The first-order valence-corrected chi connectivity index (χ1v) is 18.8. The van der Waals surface area contributed by atoms with Crippen molar-refractivity contribution in [1.29, 1.82) is 0 Å². The molecule has 0 unspecified atom stereocenters. The van der Waals surface area contributed by atoms with Gasteiger partial charge >= 0.3 is 6.09 Å². The van der Waals surface area contributed by atoms with Crippen LogP contribution in [0, 0.1) is 5.92 Å². The molecule has 252 valence electrons. The highest BCUT2D eigenvalue weighted by Crippen LogP contribution is 2.29. The van der Waals surface area contributed by atoms with E-state index >= 15 is 0 Å². The molecule has 3 amide bonds. The fraction of sp³-hybridized carbons (Fsp3) is 0.588. The fourth-order valence-corrected chi connectivity index (χ4v) is 7.46. The highest BCUT2D eigenvalue weighted by molar-refractivity contribution is 7.99. The van der Waals surface area contributed by atoms with Gasteiger partial charge in [-0.25, -0.2) is 9.78 Å². The molecule has 1 aromatic heterocycles. The highest BCUT2D eigenvalue weighted by atomic mass is 32.2. The first kappa shape index (κ1) is 36.0. The second-order valence-corrected chi connectivity index (χ2v) is 14.3. The van der Waals surface area contributed by atoms with Crippen LogP contribution >= 0.6 is 23.5 Å². The second kappa shape index (κ2) is 19.1. The molecule has 1 saturated carbocycles. The number of aliphatic hydroxyl groups is 1. The molecular weight excluding hydrogens is 623 g/mol. The number of pyridine rings is 1. The summed E-state index contributed by atoms with van der Waals surface area (Å²) >= 11 is 2.88. The molecule has 2 aromatic rings. The number of ether oxygens (including phenoxy) is 1. The summed E-state index contributed by atoms with van der Waals surface area (Å²) in [5.41, 5.74) is 6.84. The first-order valence-electron chi connectivity index (χ1n) is 16.4. The number of hydrogen-bond donors (Lipinski definition) is 4. The lowest BCUT2D eigenvalue weighted by Gasteiger charge is -2.32. The number of amides is 3. The molecule has 0 spiro atoms. The van der Waals surface area contributed by atoms with Gasteiger partial charge in [-0.3, -0.25) is 9.59 Å². The maximum Gasteiger partial charge on any atom is 0.410 e. The first-order chi connectivity index (χ1) is 22.3. The topological polar surface area (TPSA) is 147 Å². The van der Waals surface area contributed by atoms with E-state index in [0.29, 0.717) is 49.8 Å². The number of likely N-dealkylation sites (tertiary alicyclic amines) is 1. The Kier molecular flexibility index (Phi) is 15.0. The van der Waals surface area contributed by atoms with E-state index in [1.165, 1.54) is 29.9 Å². The molecule has 10 nitrogen and oxygen atoms in total. The van der Waals surface area contributed by atoms with Gasteiger partial charge in [0.2, 0.25) is 5.91 Å². The summed E-state index contributed by atoms with van der Waals surface area (Å²) in [6, 6.07) is 13.7. The van der Waals surface area contributed by atoms with E-state index in [0.717, 1.165) is 36.3 Å². The number of nitrogens with two attached hydrogens (primary N) is 1. The van der Waals surface area contributed by atoms with Crippen molar-refractivity contribution in [3.05, 3.63) is 60.3 Å². The summed E-state index contributed by atoms with van der Waals surface area (Å²) in [4.78, 5) is 46.5. The van der Waals surface area contributed by atoms with Gasteiger partial charge in [-0.1, -0.05) is 68.5 Å². The van der Waals surface area contributed by atoms with E-state index < -0.39 is 36.3 Å². The lowest BCUT2D eigenvalue weighted by Crippen LogP contribution is -2.56. The largest absolute Gasteiger partial charge is 0.436 e. The van der Waals surface area contributed by atoms with Crippen LogP contribution in [0.25, 0.3) is 0 Å². The zero-order valence-corrected chi connectivity index (χ0v) is 28.4. The normalized spacial score (nSPS) is 18.6. The lowest BCUT2D eigenvalue weighted by atomic mass is 9.84. The average molecular weight is 672 g/mol. The van der Waals surface area contributed by atoms with Crippen LogP contribution < -0.4 is 16.4 Å². The van der Waals surface area contributed by atoms with Crippen LogP contribution in [-0.2, 0) is 20.7 Å². The molecule has 4 atom stereocenters. The third-order valence-electron chi connectivity index (χ3n) is 8.71. The summed E-state index contributed by atoms with van der Waals surface area (Å²) in [6.07, 6.45) is 8.97. The Bertz CT molecular complexity index is 1210. The summed E-state index contributed by atoms with van der Waals surface area (Å²) in [6.45, 7) is 0.945. The highest BCUT2D eigenvalue weighted by Gasteiger charge is 2.33. The summed E-state index contributed by atoms with van der Waals surface area (Å²) in [5.74, 6) is 0.226. The fourth-order valence-electron chi connectivity index (χ4n) is 6.01. The molecule has 0 bridgehead atoms. The molecule has 0 radical (unpaired) electrons. The molecule has 1 aliphatic heterocycles. The predicted octanol–water partition coefficient (Wildman–Crippen LogP) is 4.01. The quantitative estimate of drug-likeness (QED) is 0.206. The molecule has 1 aromatic carbocycles. The number of rotatable bonds is 15. The van der Waals surface area contributed by atoms with E-state index in [-0.39, 0.29) is 18.4 Å². The minimum absolute atomic E-state index is 0.0485. The maximum atomic E-state index is 13.8. The molecule has 1 saturated heterocycles. The minimum atomic E-state index is -1.12. The monoisotopic (exact) mass is 671 g/mol. The molecule has 4 rings (SSSR count). The van der Waals surface area contributed by atoms with Crippen molar-refractivity contribution in [2.24, 2.45) is 11.7 Å². The number of benzene rings is 1. The van der Waals surface area contributed by atoms with Crippen molar-refractivity contribution in [2.75, 3.05) is 30.9 Å². The van der Waals surface area contributed by atoms with Gasteiger partial charge in [0, 0.05) is 43.3 Å². The molecule has 2 fully saturated rings. The Morgan fingerprint density at radius 2 is 1.70 bits per heavy atom. The molecule has 2 heterocycles. The van der Waals surface area contributed by atoms with Crippen molar-refractivity contribution < 1.29 is 24.2 Å². The molecular formula is C34H49N5O5S2.